The van der Waals surface area contributed by atoms with Crippen LogP contribution in [0.1, 0.15) is 26.7 Å². The lowest BCUT2D eigenvalue weighted by atomic mass is 9.98. The summed E-state index contributed by atoms with van der Waals surface area (Å²) in [6.45, 7) is 3.93. The number of methoxy groups -OCH3 is 1. The average Bonchev–Trinajstić information content (AvgIpc) is 2.16. The second kappa shape index (κ2) is 6.27. The van der Waals surface area contributed by atoms with Crippen LogP contribution in [0.5, 0.6) is 0 Å². The number of ether oxygens (including phenoxy) is 1. The molecule has 5 heteroatoms. The van der Waals surface area contributed by atoms with E-state index >= 15 is 0 Å². The van der Waals surface area contributed by atoms with E-state index in [2.05, 4.69) is 4.74 Å². The van der Waals surface area contributed by atoms with Crippen molar-refractivity contribution in [3.05, 3.63) is 12.2 Å². The number of esters is 1. The van der Waals surface area contributed by atoms with Crippen LogP contribution in [0.25, 0.3) is 0 Å². The highest BCUT2D eigenvalue weighted by Crippen LogP contribution is 2.15. The fourth-order valence-corrected chi connectivity index (χ4v) is 1.03. The Bertz CT molecular complexity index is 282. The van der Waals surface area contributed by atoms with Crippen molar-refractivity contribution in [3.8, 4) is 0 Å². The van der Waals surface area contributed by atoms with Gasteiger partial charge in [-0.05, 0) is 18.4 Å². The Morgan fingerprint density at radius 3 is 2.38 bits per heavy atom. The Kier molecular flexibility index (Phi) is 5.74. The molecule has 0 aromatic rings. The molecule has 0 aromatic carbocycles. The summed E-state index contributed by atoms with van der Waals surface area (Å²) in [5.74, 6) is -1.87. The van der Waals surface area contributed by atoms with Crippen molar-refractivity contribution in [3.63, 3.8) is 0 Å². The molecule has 0 aliphatic rings. The van der Waals surface area contributed by atoms with Gasteiger partial charge in [-0.3, -0.25) is 4.79 Å². The molecule has 0 aliphatic heterocycles. The van der Waals surface area contributed by atoms with Crippen molar-refractivity contribution in [2.24, 2.45) is 5.92 Å². The number of carboxylic acids is 1. The van der Waals surface area contributed by atoms with E-state index < -0.39 is 24.0 Å². The third kappa shape index (κ3) is 4.93. The first-order chi connectivity index (χ1) is 7.31. The second-order valence-corrected chi connectivity index (χ2v) is 4.01. The number of allylic oxidation sites excluding steroid dienone is 1. The maximum Gasteiger partial charge on any atom is 0.340 e. The Labute approximate surface area is 94.7 Å². The Hall–Kier alpha value is -1.36. The van der Waals surface area contributed by atoms with Crippen LogP contribution in [0.15, 0.2) is 12.2 Å². The smallest absolute Gasteiger partial charge is 0.340 e. The normalized spacial score (nSPS) is 15.1. The molecule has 2 N–H and O–H groups in total. The van der Waals surface area contributed by atoms with Gasteiger partial charge in [-0.2, -0.15) is 0 Å². The highest BCUT2D eigenvalue weighted by Gasteiger charge is 2.36. The van der Waals surface area contributed by atoms with E-state index in [0.29, 0.717) is 12.3 Å². The minimum absolute atomic E-state index is 0.354. The van der Waals surface area contributed by atoms with Crippen LogP contribution in [0.2, 0.25) is 0 Å². The third-order valence-corrected chi connectivity index (χ3v) is 2.01. The number of rotatable bonds is 6. The molecule has 5 nitrogen and oxygen atoms in total. The van der Waals surface area contributed by atoms with E-state index in [1.165, 1.54) is 0 Å². The molecular weight excluding hydrogens is 212 g/mol. The van der Waals surface area contributed by atoms with E-state index in [0.717, 1.165) is 13.2 Å². The molecule has 0 saturated heterocycles. The topological polar surface area (TPSA) is 83.8 Å². The first-order valence-corrected chi connectivity index (χ1v) is 5.02. The van der Waals surface area contributed by atoms with Gasteiger partial charge in [0.05, 0.1) is 13.5 Å². The number of carbonyl (C=O) groups excluding carboxylic acids is 1. The molecule has 0 aliphatic carbocycles. The Morgan fingerprint density at radius 1 is 1.44 bits per heavy atom. The molecule has 0 aromatic heterocycles. The van der Waals surface area contributed by atoms with Gasteiger partial charge < -0.3 is 14.9 Å². The van der Waals surface area contributed by atoms with Gasteiger partial charge in [0, 0.05) is 0 Å². The lowest BCUT2D eigenvalue weighted by molar-refractivity contribution is -0.161. The molecule has 16 heavy (non-hydrogen) atoms. The molecular formula is C11H18O5. The summed E-state index contributed by atoms with van der Waals surface area (Å²) >= 11 is 0. The number of hydrogen-bond acceptors (Lipinski definition) is 4. The summed E-state index contributed by atoms with van der Waals surface area (Å²) in [4.78, 5) is 21.8. The molecule has 0 saturated carbocycles. The van der Waals surface area contributed by atoms with Crippen molar-refractivity contribution >= 4 is 11.9 Å². The lowest BCUT2D eigenvalue weighted by Gasteiger charge is -2.17. The summed E-state index contributed by atoms with van der Waals surface area (Å²) < 4.78 is 4.33. The molecule has 0 rings (SSSR count). The largest absolute Gasteiger partial charge is 0.479 e. The molecule has 0 bridgehead atoms. The Balaban J connectivity index is 4.63. The quantitative estimate of drug-likeness (QED) is 0.524. The first-order valence-electron chi connectivity index (χ1n) is 5.02. The molecule has 0 heterocycles. The number of aliphatic carboxylic acids is 1. The summed E-state index contributed by atoms with van der Waals surface area (Å²) in [6.07, 6.45) is 2.73. The highest BCUT2D eigenvalue weighted by atomic mass is 16.5. The van der Waals surface area contributed by atoms with Crippen LogP contribution in [-0.4, -0.2) is 34.9 Å². The zero-order valence-corrected chi connectivity index (χ0v) is 9.77. The van der Waals surface area contributed by atoms with Gasteiger partial charge in [0.25, 0.3) is 0 Å². The van der Waals surface area contributed by atoms with Crippen LogP contribution < -0.4 is 0 Å². The number of aliphatic hydroxyl groups is 1. The van der Waals surface area contributed by atoms with Crippen LogP contribution in [0.3, 0.4) is 0 Å². The average molecular weight is 230 g/mol. The van der Waals surface area contributed by atoms with E-state index in [9.17, 15) is 14.7 Å². The van der Waals surface area contributed by atoms with E-state index in [1.807, 2.05) is 13.8 Å². The van der Waals surface area contributed by atoms with E-state index in [4.69, 9.17) is 5.11 Å². The summed E-state index contributed by atoms with van der Waals surface area (Å²) in [6, 6.07) is 0. The molecule has 1 atom stereocenters. The van der Waals surface area contributed by atoms with Gasteiger partial charge >= 0.3 is 11.9 Å². The molecule has 0 radical (unpaired) electrons. The minimum Gasteiger partial charge on any atom is -0.479 e. The van der Waals surface area contributed by atoms with Crippen molar-refractivity contribution in [2.45, 2.75) is 32.3 Å². The minimum atomic E-state index is -2.18. The number of carboxylic acid groups (broad SMARTS) is 1. The maximum absolute atomic E-state index is 10.9. The first kappa shape index (κ1) is 14.6. The van der Waals surface area contributed by atoms with Gasteiger partial charge in [-0.1, -0.05) is 19.9 Å². The molecule has 1 unspecified atom stereocenters. The van der Waals surface area contributed by atoms with E-state index in [-0.39, 0.29) is 0 Å². The van der Waals surface area contributed by atoms with Crippen molar-refractivity contribution in [2.75, 3.05) is 7.11 Å². The zero-order chi connectivity index (χ0) is 12.8. The predicted molar refractivity (Wildman–Crippen MR) is 57.8 cm³/mol. The third-order valence-electron chi connectivity index (χ3n) is 2.01. The second-order valence-electron chi connectivity index (χ2n) is 4.01. The zero-order valence-electron chi connectivity index (χ0n) is 9.77. The van der Waals surface area contributed by atoms with Crippen molar-refractivity contribution in [1.82, 2.24) is 0 Å². The fourth-order valence-electron chi connectivity index (χ4n) is 1.03. The van der Waals surface area contributed by atoms with Gasteiger partial charge in [-0.25, -0.2) is 4.79 Å². The lowest BCUT2D eigenvalue weighted by Crippen LogP contribution is -2.39. The summed E-state index contributed by atoms with van der Waals surface area (Å²) in [5, 5.41) is 18.5. The van der Waals surface area contributed by atoms with Crippen LogP contribution in [-0.2, 0) is 14.3 Å². The van der Waals surface area contributed by atoms with Crippen LogP contribution in [0, 0.1) is 5.92 Å². The van der Waals surface area contributed by atoms with Gasteiger partial charge in [0.1, 0.15) is 0 Å². The van der Waals surface area contributed by atoms with Gasteiger partial charge in [0.15, 0.2) is 5.60 Å². The van der Waals surface area contributed by atoms with Crippen molar-refractivity contribution in [1.29, 1.82) is 0 Å². The standard InChI is InChI=1S/C11H18O5/c1-8(2)5-4-6-11(15,10(13)14)7-9(12)16-3/h4,6,8,15H,5,7H2,1-3H3,(H,13,14). The van der Waals surface area contributed by atoms with Gasteiger partial charge in [-0.15, -0.1) is 0 Å². The van der Waals surface area contributed by atoms with Crippen LogP contribution in [0.4, 0.5) is 0 Å². The molecule has 0 fully saturated rings. The summed E-state index contributed by atoms with van der Waals surface area (Å²) in [7, 11) is 1.14. The summed E-state index contributed by atoms with van der Waals surface area (Å²) in [5.41, 5.74) is -2.18. The maximum atomic E-state index is 10.9. The number of carbonyl (C=O) groups is 2. The SMILES string of the molecule is COC(=O)CC(O)(C=CCC(C)C)C(=O)O. The van der Waals surface area contributed by atoms with Crippen molar-refractivity contribution < 1.29 is 24.5 Å². The predicted octanol–water partition coefficient (Wildman–Crippen LogP) is 0.967. The number of hydrogen-bond donors (Lipinski definition) is 2. The van der Waals surface area contributed by atoms with E-state index in [1.54, 1.807) is 6.08 Å². The van der Waals surface area contributed by atoms with Gasteiger partial charge in [0.2, 0.25) is 0 Å². The fraction of sp³-hybridized carbons (Fsp3) is 0.636. The highest BCUT2D eigenvalue weighted by molar-refractivity contribution is 5.86. The monoisotopic (exact) mass is 230 g/mol. The van der Waals surface area contributed by atoms with Crippen LogP contribution >= 0.6 is 0 Å². The Morgan fingerprint density at radius 2 is 2.00 bits per heavy atom. The molecule has 92 valence electrons. The molecule has 0 spiro atoms. The molecule has 0 amide bonds.